The molecule has 0 heterocycles. The van der Waals surface area contributed by atoms with Crippen molar-refractivity contribution in [2.45, 2.75) is 19.4 Å². The van der Waals surface area contributed by atoms with Crippen LogP contribution < -0.4 is 5.32 Å². The Labute approximate surface area is 66.9 Å². The van der Waals surface area contributed by atoms with Crippen LogP contribution in [-0.2, 0) is 0 Å². The fourth-order valence-electron chi connectivity index (χ4n) is 0.519. The summed E-state index contributed by atoms with van der Waals surface area (Å²) < 4.78 is 0. The van der Waals surface area contributed by atoms with Gasteiger partial charge in [-0.1, -0.05) is 25.1 Å². The lowest BCUT2D eigenvalue weighted by atomic mass is 10.3. The maximum atomic E-state index is 9.04. The van der Waals surface area contributed by atoms with Gasteiger partial charge in [-0.15, -0.1) is 0 Å². The molecule has 2 nitrogen and oxygen atoms in total. The molecule has 0 aliphatic carbocycles. The van der Waals surface area contributed by atoms with E-state index >= 15 is 0 Å². The second-order valence-electron chi connectivity index (χ2n) is 2.21. The summed E-state index contributed by atoms with van der Waals surface area (Å²) in [7, 11) is 0. The molecule has 0 aromatic rings. The van der Waals surface area contributed by atoms with Gasteiger partial charge in [-0.25, -0.2) is 0 Å². The number of hydrogen-bond acceptors (Lipinski definition) is 2. The number of aliphatic hydroxyl groups is 1. The maximum Gasteiger partial charge on any atom is 0.0662 e. The van der Waals surface area contributed by atoms with E-state index in [2.05, 4.69) is 11.9 Å². The molecule has 0 bridgehead atoms. The van der Waals surface area contributed by atoms with Gasteiger partial charge in [0.1, 0.15) is 0 Å². The minimum Gasteiger partial charge on any atom is -0.392 e. The van der Waals surface area contributed by atoms with Gasteiger partial charge in [0.05, 0.1) is 6.10 Å². The van der Waals surface area contributed by atoms with Crippen molar-refractivity contribution in [1.82, 2.24) is 5.32 Å². The number of nitrogens with one attached hydrogen (secondary N) is 1. The van der Waals surface area contributed by atoms with E-state index in [9.17, 15) is 0 Å². The zero-order valence-electron chi connectivity index (χ0n) is 6.23. The maximum absolute atomic E-state index is 9.04. The molecule has 0 rings (SSSR count). The molecule has 0 amide bonds. The minimum absolute atomic E-state index is 0.268. The monoisotopic (exact) mass is 163 g/mol. The van der Waals surface area contributed by atoms with Crippen molar-refractivity contribution in [1.29, 1.82) is 0 Å². The summed E-state index contributed by atoms with van der Waals surface area (Å²) >= 11 is 5.47. The first-order valence-corrected chi connectivity index (χ1v) is 3.76. The van der Waals surface area contributed by atoms with Crippen molar-refractivity contribution in [2.24, 2.45) is 0 Å². The van der Waals surface area contributed by atoms with E-state index in [1.807, 2.05) is 6.92 Å². The van der Waals surface area contributed by atoms with Crippen LogP contribution in [0.25, 0.3) is 0 Å². The summed E-state index contributed by atoms with van der Waals surface area (Å²) in [6.07, 6.45) is 0.498. The van der Waals surface area contributed by atoms with Crippen molar-refractivity contribution in [3.8, 4) is 0 Å². The molecular formula is C7H14ClNO. The standard InChI is InChI=1S/C7H14ClNO/c1-3-7(10)5-9-4-6(2)8/h7,9-10H,2-5H2,1H3. The number of hydrogen-bond donors (Lipinski definition) is 2. The Hall–Kier alpha value is -0.0500. The third-order valence-electron chi connectivity index (χ3n) is 1.17. The van der Waals surface area contributed by atoms with Crippen molar-refractivity contribution < 1.29 is 5.11 Å². The second kappa shape index (κ2) is 5.71. The quantitative estimate of drug-likeness (QED) is 0.636. The van der Waals surface area contributed by atoms with E-state index < -0.39 is 0 Å². The first kappa shape index (κ1) is 9.95. The Morgan fingerprint density at radius 3 is 2.80 bits per heavy atom. The predicted molar refractivity (Wildman–Crippen MR) is 44.2 cm³/mol. The predicted octanol–water partition coefficient (Wildman–Crippen LogP) is 1.10. The van der Waals surface area contributed by atoms with E-state index in [0.717, 1.165) is 6.42 Å². The van der Waals surface area contributed by atoms with Gasteiger partial charge in [0, 0.05) is 18.1 Å². The van der Waals surface area contributed by atoms with Crippen LogP contribution in [0.2, 0.25) is 0 Å². The van der Waals surface area contributed by atoms with Crippen molar-refractivity contribution >= 4 is 11.6 Å². The topological polar surface area (TPSA) is 32.3 Å². The summed E-state index contributed by atoms with van der Waals surface area (Å²) in [5.41, 5.74) is 0. The molecule has 3 heteroatoms. The number of halogens is 1. The van der Waals surface area contributed by atoms with E-state index in [4.69, 9.17) is 16.7 Å². The van der Waals surface area contributed by atoms with Gasteiger partial charge in [0.2, 0.25) is 0 Å². The van der Waals surface area contributed by atoms with Gasteiger partial charge in [-0.05, 0) is 6.42 Å². The summed E-state index contributed by atoms with van der Waals surface area (Å²) in [5.74, 6) is 0. The highest BCUT2D eigenvalue weighted by molar-refractivity contribution is 6.29. The van der Waals surface area contributed by atoms with Crippen LogP contribution in [0.1, 0.15) is 13.3 Å². The molecule has 0 saturated carbocycles. The molecule has 60 valence electrons. The molecule has 0 aliphatic rings. The van der Waals surface area contributed by atoms with Crippen LogP contribution in [0.4, 0.5) is 0 Å². The van der Waals surface area contributed by atoms with Gasteiger partial charge < -0.3 is 10.4 Å². The Balaban J connectivity index is 3.11. The highest BCUT2D eigenvalue weighted by Gasteiger charge is 1.97. The number of aliphatic hydroxyl groups excluding tert-OH is 1. The SMILES string of the molecule is C=C(Cl)CNCC(O)CC. The van der Waals surface area contributed by atoms with Crippen LogP contribution in [0, 0.1) is 0 Å². The molecule has 0 saturated heterocycles. The fraction of sp³-hybridized carbons (Fsp3) is 0.714. The lowest BCUT2D eigenvalue weighted by Crippen LogP contribution is -2.26. The van der Waals surface area contributed by atoms with Crippen molar-refractivity contribution in [3.05, 3.63) is 11.6 Å². The normalized spacial score (nSPS) is 13.1. The van der Waals surface area contributed by atoms with Gasteiger partial charge >= 0.3 is 0 Å². The molecule has 1 unspecified atom stereocenters. The van der Waals surface area contributed by atoms with Gasteiger partial charge in [0.25, 0.3) is 0 Å². The van der Waals surface area contributed by atoms with E-state index in [0.29, 0.717) is 18.1 Å². The molecule has 0 aromatic heterocycles. The Morgan fingerprint density at radius 1 is 1.80 bits per heavy atom. The van der Waals surface area contributed by atoms with E-state index in [-0.39, 0.29) is 6.10 Å². The summed E-state index contributed by atoms with van der Waals surface area (Å²) in [6, 6.07) is 0. The smallest absolute Gasteiger partial charge is 0.0662 e. The first-order chi connectivity index (χ1) is 4.66. The molecule has 2 N–H and O–H groups in total. The van der Waals surface area contributed by atoms with E-state index in [1.54, 1.807) is 0 Å². The minimum atomic E-state index is -0.268. The molecule has 0 spiro atoms. The van der Waals surface area contributed by atoms with E-state index in [1.165, 1.54) is 0 Å². The van der Waals surface area contributed by atoms with Crippen molar-refractivity contribution in [2.75, 3.05) is 13.1 Å². The highest BCUT2D eigenvalue weighted by atomic mass is 35.5. The fourth-order valence-corrected chi connectivity index (χ4v) is 0.613. The number of rotatable bonds is 5. The third-order valence-corrected chi connectivity index (χ3v) is 1.30. The van der Waals surface area contributed by atoms with Crippen LogP contribution in [0.15, 0.2) is 11.6 Å². The summed E-state index contributed by atoms with van der Waals surface area (Å²) in [6.45, 7) is 6.59. The molecule has 1 atom stereocenters. The molecule has 0 aromatic carbocycles. The molecule has 0 fully saturated rings. The lowest BCUT2D eigenvalue weighted by Gasteiger charge is -2.07. The van der Waals surface area contributed by atoms with Crippen LogP contribution in [0.3, 0.4) is 0 Å². The molecule has 0 radical (unpaired) electrons. The van der Waals surface area contributed by atoms with Crippen LogP contribution in [0.5, 0.6) is 0 Å². The largest absolute Gasteiger partial charge is 0.392 e. The van der Waals surface area contributed by atoms with Crippen LogP contribution in [-0.4, -0.2) is 24.3 Å². The molecule has 10 heavy (non-hydrogen) atoms. The third kappa shape index (κ3) is 6.08. The Kier molecular flexibility index (Phi) is 5.69. The Morgan fingerprint density at radius 2 is 2.40 bits per heavy atom. The summed E-state index contributed by atoms with van der Waals surface area (Å²) in [4.78, 5) is 0. The van der Waals surface area contributed by atoms with Crippen molar-refractivity contribution in [3.63, 3.8) is 0 Å². The average Bonchev–Trinajstić information content (AvgIpc) is 1.87. The second-order valence-corrected chi connectivity index (χ2v) is 2.74. The van der Waals surface area contributed by atoms with Gasteiger partial charge in [-0.3, -0.25) is 0 Å². The molecule has 0 aliphatic heterocycles. The first-order valence-electron chi connectivity index (χ1n) is 3.38. The van der Waals surface area contributed by atoms with Gasteiger partial charge in [0.15, 0.2) is 0 Å². The zero-order valence-corrected chi connectivity index (χ0v) is 6.99. The van der Waals surface area contributed by atoms with Crippen LogP contribution >= 0.6 is 11.6 Å². The lowest BCUT2D eigenvalue weighted by molar-refractivity contribution is 0.169. The average molecular weight is 164 g/mol. The highest BCUT2D eigenvalue weighted by Crippen LogP contribution is 1.93. The van der Waals surface area contributed by atoms with Gasteiger partial charge in [-0.2, -0.15) is 0 Å². The summed E-state index contributed by atoms with van der Waals surface area (Å²) in [5, 5.41) is 12.6. The Bertz CT molecular complexity index is 106. The zero-order chi connectivity index (χ0) is 7.98. The molecular weight excluding hydrogens is 150 g/mol.